The minimum atomic E-state index is -0.557. The molecule has 2 N–H and O–H groups in total. The van der Waals surface area contributed by atoms with Crippen molar-refractivity contribution in [2.24, 2.45) is 0 Å². The number of hydrogen-bond donors (Lipinski definition) is 2. The van der Waals surface area contributed by atoms with Crippen molar-refractivity contribution in [2.75, 3.05) is 27.4 Å². The van der Waals surface area contributed by atoms with Crippen molar-refractivity contribution < 1.29 is 19.3 Å². The van der Waals surface area contributed by atoms with E-state index in [1.807, 2.05) is 48.5 Å². The summed E-state index contributed by atoms with van der Waals surface area (Å²) in [7, 11) is 3.25. The van der Waals surface area contributed by atoms with Crippen molar-refractivity contribution in [3.05, 3.63) is 59.7 Å². The molecule has 0 heterocycles. The molecule has 0 aliphatic heterocycles. The summed E-state index contributed by atoms with van der Waals surface area (Å²) in [6.07, 6.45) is -0.557. The number of aliphatic hydroxyl groups is 1. The predicted molar refractivity (Wildman–Crippen MR) is 93.4 cm³/mol. The topological polar surface area (TPSA) is 60.0 Å². The van der Waals surface area contributed by atoms with Gasteiger partial charge in [0.2, 0.25) is 0 Å². The van der Waals surface area contributed by atoms with Crippen LogP contribution in [0.25, 0.3) is 0 Å². The van der Waals surface area contributed by atoms with Crippen LogP contribution in [0.5, 0.6) is 11.5 Å². The Hall–Kier alpha value is -2.08. The van der Waals surface area contributed by atoms with Gasteiger partial charge in [-0.05, 0) is 11.6 Å². The van der Waals surface area contributed by atoms with Gasteiger partial charge < -0.3 is 24.6 Å². The first-order chi connectivity index (χ1) is 11.7. The first-order valence-corrected chi connectivity index (χ1v) is 7.94. The molecule has 0 aliphatic carbocycles. The maximum atomic E-state index is 9.98. The molecule has 0 fully saturated rings. The molecule has 1 atom stereocenters. The van der Waals surface area contributed by atoms with Crippen LogP contribution in [0.4, 0.5) is 0 Å². The lowest BCUT2D eigenvalue weighted by molar-refractivity contribution is 0.0287. The lowest BCUT2D eigenvalue weighted by Crippen LogP contribution is -2.30. The second-order valence-electron chi connectivity index (χ2n) is 5.46. The van der Waals surface area contributed by atoms with Crippen LogP contribution in [-0.4, -0.2) is 38.6 Å². The SMILES string of the molecule is COc1ccc(CNCC(O)COCc2ccccc2)c(OC)c1. The van der Waals surface area contributed by atoms with Crippen LogP contribution in [0.3, 0.4) is 0 Å². The Labute approximate surface area is 143 Å². The number of hydrogen-bond acceptors (Lipinski definition) is 5. The average Bonchev–Trinajstić information content (AvgIpc) is 2.62. The molecule has 2 rings (SSSR count). The molecule has 0 spiro atoms. The molecule has 0 aliphatic rings. The fourth-order valence-corrected chi connectivity index (χ4v) is 2.32. The summed E-state index contributed by atoms with van der Waals surface area (Å²) < 4.78 is 16.1. The fraction of sp³-hybridized carbons (Fsp3) is 0.368. The van der Waals surface area contributed by atoms with E-state index in [-0.39, 0.29) is 0 Å². The minimum absolute atomic E-state index is 0.293. The number of benzene rings is 2. The van der Waals surface area contributed by atoms with Gasteiger partial charge >= 0.3 is 0 Å². The summed E-state index contributed by atoms with van der Waals surface area (Å²) in [4.78, 5) is 0. The number of rotatable bonds is 10. The molecule has 0 bridgehead atoms. The molecule has 5 heteroatoms. The molecule has 0 radical (unpaired) electrons. The molecule has 130 valence electrons. The lowest BCUT2D eigenvalue weighted by atomic mass is 10.2. The maximum Gasteiger partial charge on any atom is 0.127 e. The van der Waals surface area contributed by atoms with Gasteiger partial charge in [-0.3, -0.25) is 0 Å². The van der Waals surface area contributed by atoms with Crippen LogP contribution in [0.15, 0.2) is 48.5 Å². The van der Waals surface area contributed by atoms with Crippen molar-refractivity contribution in [3.8, 4) is 11.5 Å². The van der Waals surface area contributed by atoms with E-state index in [1.54, 1.807) is 14.2 Å². The van der Waals surface area contributed by atoms with E-state index in [2.05, 4.69) is 5.32 Å². The molecule has 24 heavy (non-hydrogen) atoms. The zero-order valence-corrected chi connectivity index (χ0v) is 14.2. The van der Waals surface area contributed by atoms with Gasteiger partial charge in [-0.1, -0.05) is 36.4 Å². The fourth-order valence-electron chi connectivity index (χ4n) is 2.32. The summed E-state index contributed by atoms with van der Waals surface area (Å²) in [5.74, 6) is 1.52. The van der Waals surface area contributed by atoms with E-state index in [0.29, 0.717) is 26.3 Å². The largest absolute Gasteiger partial charge is 0.497 e. The van der Waals surface area contributed by atoms with Gasteiger partial charge in [0.05, 0.1) is 33.5 Å². The van der Waals surface area contributed by atoms with Gasteiger partial charge in [0.1, 0.15) is 11.5 Å². The van der Waals surface area contributed by atoms with Crippen LogP contribution in [-0.2, 0) is 17.9 Å². The van der Waals surface area contributed by atoms with E-state index in [0.717, 1.165) is 22.6 Å². The van der Waals surface area contributed by atoms with Crippen molar-refractivity contribution >= 4 is 0 Å². The monoisotopic (exact) mass is 331 g/mol. The summed E-state index contributed by atoms with van der Waals surface area (Å²) in [5, 5.41) is 13.2. The van der Waals surface area contributed by atoms with E-state index < -0.39 is 6.10 Å². The zero-order chi connectivity index (χ0) is 17.2. The molecule has 0 saturated carbocycles. The van der Waals surface area contributed by atoms with Crippen LogP contribution in [0.2, 0.25) is 0 Å². The minimum Gasteiger partial charge on any atom is -0.497 e. The smallest absolute Gasteiger partial charge is 0.127 e. The average molecular weight is 331 g/mol. The zero-order valence-electron chi connectivity index (χ0n) is 14.2. The molecule has 0 aromatic heterocycles. The van der Waals surface area contributed by atoms with Crippen molar-refractivity contribution in [2.45, 2.75) is 19.3 Å². The standard InChI is InChI=1S/C19H25NO4/c1-22-18-9-8-16(19(10-18)23-2)11-20-12-17(21)14-24-13-15-6-4-3-5-7-15/h3-10,17,20-21H,11-14H2,1-2H3. The molecule has 1 unspecified atom stereocenters. The summed E-state index contributed by atoms with van der Waals surface area (Å²) >= 11 is 0. The summed E-state index contributed by atoms with van der Waals surface area (Å²) in [5.41, 5.74) is 2.11. The Morgan fingerprint density at radius 2 is 1.83 bits per heavy atom. The van der Waals surface area contributed by atoms with Gasteiger partial charge in [-0.2, -0.15) is 0 Å². The highest BCUT2D eigenvalue weighted by molar-refractivity contribution is 5.40. The molecule has 2 aromatic carbocycles. The van der Waals surface area contributed by atoms with Crippen molar-refractivity contribution in [3.63, 3.8) is 0 Å². The third-order valence-electron chi connectivity index (χ3n) is 3.61. The summed E-state index contributed by atoms with van der Waals surface area (Å²) in [6, 6.07) is 15.6. The van der Waals surface area contributed by atoms with Gasteiger partial charge in [-0.25, -0.2) is 0 Å². The molecular weight excluding hydrogens is 306 g/mol. The Morgan fingerprint density at radius 3 is 2.54 bits per heavy atom. The molecular formula is C19H25NO4. The quantitative estimate of drug-likeness (QED) is 0.700. The van der Waals surface area contributed by atoms with Crippen LogP contribution >= 0.6 is 0 Å². The number of aliphatic hydroxyl groups excluding tert-OH is 1. The molecule has 0 amide bonds. The highest BCUT2D eigenvalue weighted by Gasteiger charge is 2.07. The molecule has 2 aromatic rings. The van der Waals surface area contributed by atoms with Crippen LogP contribution < -0.4 is 14.8 Å². The summed E-state index contributed by atoms with van der Waals surface area (Å²) in [6.45, 7) is 1.85. The Bertz CT molecular complexity index is 604. The second kappa shape index (κ2) is 9.93. The van der Waals surface area contributed by atoms with E-state index in [1.165, 1.54) is 0 Å². The van der Waals surface area contributed by atoms with Crippen LogP contribution in [0, 0.1) is 0 Å². The van der Waals surface area contributed by atoms with Gasteiger partial charge in [0.25, 0.3) is 0 Å². The normalized spacial score (nSPS) is 12.0. The Morgan fingerprint density at radius 1 is 1.04 bits per heavy atom. The number of ether oxygens (including phenoxy) is 3. The number of nitrogens with one attached hydrogen (secondary N) is 1. The first kappa shape index (κ1) is 18.3. The van der Waals surface area contributed by atoms with E-state index in [4.69, 9.17) is 14.2 Å². The van der Waals surface area contributed by atoms with Gasteiger partial charge in [0.15, 0.2) is 0 Å². The number of methoxy groups -OCH3 is 2. The van der Waals surface area contributed by atoms with E-state index in [9.17, 15) is 5.11 Å². The van der Waals surface area contributed by atoms with Crippen molar-refractivity contribution in [1.29, 1.82) is 0 Å². The Kier molecular flexibility index (Phi) is 7.55. The highest BCUT2D eigenvalue weighted by atomic mass is 16.5. The lowest BCUT2D eigenvalue weighted by Gasteiger charge is -2.14. The predicted octanol–water partition coefficient (Wildman–Crippen LogP) is 2.37. The highest BCUT2D eigenvalue weighted by Crippen LogP contribution is 2.24. The molecule has 0 saturated heterocycles. The maximum absolute atomic E-state index is 9.98. The first-order valence-electron chi connectivity index (χ1n) is 7.94. The van der Waals surface area contributed by atoms with E-state index >= 15 is 0 Å². The van der Waals surface area contributed by atoms with Crippen molar-refractivity contribution in [1.82, 2.24) is 5.32 Å². The van der Waals surface area contributed by atoms with Gasteiger partial charge in [-0.15, -0.1) is 0 Å². The second-order valence-corrected chi connectivity index (χ2v) is 5.46. The molecule has 5 nitrogen and oxygen atoms in total. The third-order valence-corrected chi connectivity index (χ3v) is 3.61. The Balaban J connectivity index is 1.69. The van der Waals surface area contributed by atoms with Crippen LogP contribution in [0.1, 0.15) is 11.1 Å². The third kappa shape index (κ3) is 5.85. The van der Waals surface area contributed by atoms with Gasteiger partial charge in [0, 0.05) is 24.7 Å².